The number of rotatable bonds is 5. The van der Waals surface area contributed by atoms with E-state index in [4.69, 9.17) is 15.2 Å². The number of carbonyl (C=O) groups excluding carboxylic acids is 2. The van der Waals surface area contributed by atoms with Crippen LogP contribution in [0, 0.1) is 10.1 Å². The van der Waals surface area contributed by atoms with Crippen LogP contribution in [0.1, 0.15) is 0 Å². The molecule has 0 saturated carbocycles. The molecule has 0 bridgehead atoms. The average molecular weight is 515 g/mol. The van der Waals surface area contributed by atoms with Crippen molar-refractivity contribution in [1.82, 2.24) is 0 Å². The summed E-state index contributed by atoms with van der Waals surface area (Å²) in [5.74, 6) is 0.955. The molecule has 4 aromatic rings. The molecule has 0 aliphatic carbocycles. The summed E-state index contributed by atoms with van der Waals surface area (Å²) in [4.78, 5) is 36.5. The number of anilines is 3. The Hall–Kier alpha value is -5.38. The maximum atomic E-state index is 11.9. The molecular weight excluding hydrogens is 488 g/mol. The van der Waals surface area contributed by atoms with Gasteiger partial charge in [0.15, 0.2) is 0 Å². The number of nitrogen functional groups attached to an aromatic ring is 1. The Balaban J connectivity index is 0.000000212. The lowest BCUT2D eigenvalue weighted by atomic mass is 10.3. The van der Waals surface area contributed by atoms with E-state index in [1.807, 2.05) is 24.3 Å². The van der Waals surface area contributed by atoms with Gasteiger partial charge in [0.2, 0.25) is 0 Å². The number of ether oxygens (including phenoxy) is 2. The van der Waals surface area contributed by atoms with E-state index < -0.39 is 17.1 Å². The van der Waals surface area contributed by atoms with E-state index in [1.165, 1.54) is 41.1 Å². The van der Waals surface area contributed by atoms with Gasteiger partial charge in [0.1, 0.15) is 11.5 Å². The zero-order chi connectivity index (χ0) is 27.5. The molecule has 0 aliphatic rings. The monoisotopic (exact) mass is 514 g/mol. The number of non-ortho nitro benzene ring substituents is 1. The predicted octanol–water partition coefficient (Wildman–Crippen LogP) is 6.13. The highest BCUT2D eigenvalue weighted by Crippen LogP contribution is 2.20. The van der Waals surface area contributed by atoms with Crippen LogP contribution >= 0.6 is 0 Å². The minimum absolute atomic E-state index is 0.0291. The van der Waals surface area contributed by atoms with E-state index in [0.29, 0.717) is 22.9 Å². The molecule has 0 unspecified atom stereocenters. The van der Waals surface area contributed by atoms with Crippen molar-refractivity contribution >= 4 is 34.9 Å². The zero-order valence-electron chi connectivity index (χ0n) is 20.8. The van der Waals surface area contributed by atoms with Gasteiger partial charge in [-0.15, -0.1) is 0 Å². The number of nitro benzene ring substituents is 1. The summed E-state index contributed by atoms with van der Waals surface area (Å²) in [6, 6.07) is 30.3. The van der Waals surface area contributed by atoms with Gasteiger partial charge in [0.05, 0.1) is 4.92 Å². The van der Waals surface area contributed by atoms with Crippen LogP contribution < -0.4 is 25.0 Å². The van der Waals surface area contributed by atoms with Gasteiger partial charge in [-0.05, 0) is 60.7 Å². The number of nitrogens with zero attached hydrogens (tertiary/aromatic N) is 3. The Morgan fingerprint density at radius 3 is 1.39 bits per heavy atom. The first-order valence-electron chi connectivity index (χ1n) is 11.4. The third-order valence-electron chi connectivity index (χ3n) is 5.17. The van der Waals surface area contributed by atoms with E-state index in [1.54, 1.807) is 67.7 Å². The van der Waals surface area contributed by atoms with Crippen LogP contribution in [0.2, 0.25) is 0 Å². The highest BCUT2D eigenvalue weighted by molar-refractivity contribution is 5.89. The number of nitro groups is 1. The first-order valence-corrected chi connectivity index (χ1v) is 11.4. The van der Waals surface area contributed by atoms with E-state index in [-0.39, 0.29) is 5.69 Å². The van der Waals surface area contributed by atoms with Crippen LogP contribution in [-0.4, -0.2) is 31.2 Å². The number of carbonyl (C=O) groups is 2. The maximum absolute atomic E-state index is 11.9. The molecule has 4 rings (SSSR count). The van der Waals surface area contributed by atoms with Crippen LogP contribution in [-0.2, 0) is 0 Å². The van der Waals surface area contributed by atoms with Crippen molar-refractivity contribution in [2.75, 3.05) is 29.6 Å². The Kier molecular flexibility index (Phi) is 9.36. The van der Waals surface area contributed by atoms with Crippen molar-refractivity contribution in [3.8, 4) is 11.5 Å². The van der Waals surface area contributed by atoms with Crippen LogP contribution in [0.5, 0.6) is 11.5 Å². The number of hydrogen-bond acceptors (Lipinski definition) is 7. The number of nitrogens with two attached hydrogens (primary N) is 1. The summed E-state index contributed by atoms with van der Waals surface area (Å²) in [7, 11) is 3.18. The average Bonchev–Trinajstić information content (AvgIpc) is 2.94. The number of benzene rings is 4. The van der Waals surface area contributed by atoms with Crippen molar-refractivity contribution < 1.29 is 24.0 Å². The molecule has 2 N–H and O–H groups in total. The first-order chi connectivity index (χ1) is 18.2. The minimum atomic E-state index is -0.565. The molecule has 0 heterocycles. The number of para-hydroxylation sites is 2. The highest BCUT2D eigenvalue weighted by atomic mass is 16.6. The van der Waals surface area contributed by atoms with Gasteiger partial charge in [-0.25, -0.2) is 9.59 Å². The van der Waals surface area contributed by atoms with Gasteiger partial charge < -0.3 is 15.2 Å². The summed E-state index contributed by atoms with van der Waals surface area (Å²) < 4.78 is 10.4. The smallest absolute Gasteiger partial charge is 0.410 e. The minimum Gasteiger partial charge on any atom is -0.410 e. The molecule has 10 heteroatoms. The molecule has 38 heavy (non-hydrogen) atoms. The first kappa shape index (κ1) is 27.2. The van der Waals surface area contributed by atoms with Crippen molar-refractivity contribution in [3.63, 3.8) is 0 Å². The SMILES string of the molecule is CN(C(=O)Oc1ccccc1)c1ccc(N)cc1.CN(C(=O)Oc1ccccc1)c1ccc([N+](=O)[O-])cc1. The van der Waals surface area contributed by atoms with Crippen LogP contribution in [0.25, 0.3) is 0 Å². The van der Waals surface area contributed by atoms with E-state index in [9.17, 15) is 19.7 Å². The highest BCUT2D eigenvalue weighted by Gasteiger charge is 2.15. The quantitative estimate of drug-likeness (QED) is 0.193. The molecule has 0 fully saturated rings. The predicted molar refractivity (Wildman–Crippen MR) is 146 cm³/mol. The third kappa shape index (κ3) is 7.82. The summed E-state index contributed by atoms with van der Waals surface area (Å²) in [6.07, 6.45) is -1.00. The summed E-state index contributed by atoms with van der Waals surface area (Å²) in [5, 5.41) is 10.6. The third-order valence-corrected chi connectivity index (χ3v) is 5.17. The Labute approximate surface area is 219 Å². The van der Waals surface area contributed by atoms with Crippen molar-refractivity contribution in [2.24, 2.45) is 0 Å². The standard InChI is InChI=1S/C14H12N2O4.C14H14N2O2/c1-15(11-7-9-12(10-8-11)16(18)19)14(17)20-13-5-3-2-4-6-13;1-16(12-9-7-11(15)8-10-12)14(17)18-13-5-3-2-4-6-13/h2-10H,1H3;2-10H,15H2,1H3. The summed E-state index contributed by atoms with van der Waals surface area (Å²) in [6.45, 7) is 0. The molecule has 4 aromatic carbocycles. The fourth-order valence-electron chi connectivity index (χ4n) is 3.02. The number of hydrogen-bond donors (Lipinski definition) is 1. The van der Waals surface area contributed by atoms with Gasteiger partial charge in [-0.2, -0.15) is 0 Å². The van der Waals surface area contributed by atoms with Crippen LogP contribution in [0.4, 0.5) is 32.3 Å². The van der Waals surface area contributed by atoms with Crippen molar-refractivity contribution in [1.29, 1.82) is 0 Å². The zero-order valence-corrected chi connectivity index (χ0v) is 20.8. The van der Waals surface area contributed by atoms with Gasteiger partial charge in [0.25, 0.3) is 5.69 Å². The summed E-state index contributed by atoms with van der Waals surface area (Å²) >= 11 is 0. The molecule has 0 spiro atoms. The molecular formula is C28H26N4O6. The van der Waals surface area contributed by atoms with E-state index >= 15 is 0 Å². The van der Waals surface area contributed by atoms with Gasteiger partial charge in [-0.3, -0.25) is 19.9 Å². The molecule has 194 valence electrons. The summed E-state index contributed by atoms with van der Waals surface area (Å²) in [5.41, 5.74) is 7.46. The second-order valence-corrected chi connectivity index (χ2v) is 7.85. The Bertz CT molecular complexity index is 1350. The van der Waals surface area contributed by atoms with Gasteiger partial charge in [0, 0.05) is 43.3 Å². The lowest BCUT2D eigenvalue weighted by molar-refractivity contribution is -0.384. The maximum Gasteiger partial charge on any atom is 0.419 e. The topological polar surface area (TPSA) is 128 Å². The molecule has 2 amide bonds. The van der Waals surface area contributed by atoms with Crippen molar-refractivity contribution in [3.05, 3.63) is 119 Å². The van der Waals surface area contributed by atoms with Crippen LogP contribution in [0.15, 0.2) is 109 Å². The molecule has 0 aliphatic heterocycles. The lowest BCUT2D eigenvalue weighted by Gasteiger charge is -2.16. The molecule has 0 atom stereocenters. The molecule has 0 saturated heterocycles. The Morgan fingerprint density at radius 1 is 0.658 bits per heavy atom. The molecule has 0 radical (unpaired) electrons. The van der Waals surface area contributed by atoms with E-state index in [0.717, 1.165) is 5.69 Å². The van der Waals surface area contributed by atoms with Gasteiger partial charge >= 0.3 is 12.2 Å². The fraction of sp³-hybridized carbons (Fsp3) is 0.0714. The Morgan fingerprint density at radius 2 is 1.03 bits per heavy atom. The van der Waals surface area contributed by atoms with Crippen LogP contribution in [0.3, 0.4) is 0 Å². The lowest BCUT2D eigenvalue weighted by Crippen LogP contribution is -2.29. The largest absolute Gasteiger partial charge is 0.419 e. The normalized spacial score (nSPS) is 9.84. The molecule has 10 nitrogen and oxygen atoms in total. The second-order valence-electron chi connectivity index (χ2n) is 7.85. The molecule has 0 aromatic heterocycles. The number of amides is 2. The van der Waals surface area contributed by atoms with Crippen molar-refractivity contribution in [2.45, 2.75) is 0 Å². The van der Waals surface area contributed by atoms with Gasteiger partial charge in [-0.1, -0.05) is 36.4 Å². The fourth-order valence-corrected chi connectivity index (χ4v) is 3.02. The van der Waals surface area contributed by atoms with E-state index in [2.05, 4.69) is 0 Å². The second kappa shape index (κ2) is 13.1.